The van der Waals surface area contributed by atoms with Crippen LogP contribution in [0.5, 0.6) is 5.75 Å². The number of alkyl halides is 3. The molecule has 9 heteroatoms. The standard InChI is InChI=1S/C19H29F3N4O2/c1-14(12-26-10-8-25(3)9-11-26)23-18(27)24-15(2)16-4-6-17(7-5-16)28-13-19(20,21)22/h4-7,14-15H,8-13H2,1-3H3,(H2,23,24,27). The van der Waals surface area contributed by atoms with Crippen molar-refractivity contribution in [1.29, 1.82) is 0 Å². The summed E-state index contributed by atoms with van der Waals surface area (Å²) < 4.78 is 41.2. The molecule has 0 aliphatic carbocycles. The van der Waals surface area contributed by atoms with Crippen LogP contribution in [0.3, 0.4) is 0 Å². The number of urea groups is 1. The van der Waals surface area contributed by atoms with E-state index in [4.69, 9.17) is 0 Å². The van der Waals surface area contributed by atoms with E-state index in [1.807, 2.05) is 13.8 Å². The fourth-order valence-corrected chi connectivity index (χ4v) is 3.03. The van der Waals surface area contributed by atoms with E-state index in [1.54, 1.807) is 12.1 Å². The number of hydrogen-bond acceptors (Lipinski definition) is 4. The van der Waals surface area contributed by atoms with Gasteiger partial charge in [-0.05, 0) is 38.6 Å². The summed E-state index contributed by atoms with van der Waals surface area (Å²) in [7, 11) is 2.10. The average Bonchev–Trinajstić information content (AvgIpc) is 2.61. The Bertz CT molecular complexity index is 617. The zero-order valence-corrected chi connectivity index (χ0v) is 16.6. The van der Waals surface area contributed by atoms with Gasteiger partial charge in [-0.3, -0.25) is 4.90 Å². The molecule has 2 rings (SSSR count). The second kappa shape index (κ2) is 9.97. The molecule has 1 heterocycles. The normalized spacial score (nSPS) is 18.4. The number of rotatable bonds is 7. The molecular formula is C19H29F3N4O2. The van der Waals surface area contributed by atoms with Crippen LogP contribution in [0.4, 0.5) is 18.0 Å². The minimum Gasteiger partial charge on any atom is -0.484 e. The third kappa shape index (κ3) is 7.93. The zero-order valence-electron chi connectivity index (χ0n) is 16.6. The highest BCUT2D eigenvalue weighted by atomic mass is 19.4. The predicted octanol–water partition coefficient (Wildman–Crippen LogP) is 2.62. The Morgan fingerprint density at radius 2 is 1.71 bits per heavy atom. The molecule has 0 spiro atoms. The third-order valence-electron chi connectivity index (χ3n) is 4.64. The second-order valence-corrected chi connectivity index (χ2v) is 7.32. The van der Waals surface area contributed by atoms with Crippen molar-refractivity contribution in [3.05, 3.63) is 29.8 Å². The van der Waals surface area contributed by atoms with Gasteiger partial charge in [0.1, 0.15) is 5.75 Å². The molecule has 0 bridgehead atoms. The Morgan fingerprint density at radius 1 is 1.11 bits per heavy atom. The van der Waals surface area contributed by atoms with Crippen molar-refractivity contribution in [2.24, 2.45) is 0 Å². The number of amides is 2. The first-order valence-corrected chi connectivity index (χ1v) is 9.40. The van der Waals surface area contributed by atoms with Crippen molar-refractivity contribution < 1.29 is 22.7 Å². The monoisotopic (exact) mass is 402 g/mol. The highest BCUT2D eigenvalue weighted by Gasteiger charge is 2.28. The smallest absolute Gasteiger partial charge is 0.422 e. The molecule has 1 aromatic rings. The van der Waals surface area contributed by atoms with Crippen molar-refractivity contribution >= 4 is 6.03 Å². The molecule has 0 saturated carbocycles. The third-order valence-corrected chi connectivity index (χ3v) is 4.64. The minimum absolute atomic E-state index is 0.00810. The first kappa shape index (κ1) is 22.3. The molecule has 0 aromatic heterocycles. The summed E-state index contributed by atoms with van der Waals surface area (Å²) >= 11 is 0. The fraction of sp³-hybridized carbons (Fsp3) is 0.632. The number of ether oxygens (including phenoxy) is 1. The first-order chi connectivity index (χ1) is 13.1. The highest BCUT2D eigenvalue weighted by Crippen LogP contribution is 2.21. The van der Waals surface area contributed by atoms with Crippen LogP contribution in [0.25, 0.3) is 0 Å². The van der Waals surface area contributed by atoms with Gasteiger partial charge in [0.05, 0.1) is 6.04 Å². The van der Waals surface area contributed by atoms with Crippen LogP contribution in [-0.2, 0) is 0 Å². The molecule has 1 aliphatic rings. The number of likely N-dealkylation sites (N-methyl/N-ethyl adjacent to an activating group) is 1. The number of hydrogen-bond donors (Lipinski definition) is 2. The maximum atomic E-state index is 12.2. The Morgan fingerprint density at radius 3 is 2.29 bits per heavy atom. The van der Waals surface area contributed by atoms with Crippen molar-refractivity contribution in [1.82, 2.24) is 20.4 Å². The van der Waals surface area contributed by atoms with Crippen LogP contribution in [-0.4, -0.2) is 74.4 Å². The minimum atomic E-state index is -4.37. The van der Waals surface area contributed by atoms with E-state index in [0.717, 1.165) is 38.3 Å². The van der Waals surface area contributed by atoms with E-state index in [1.165, 1.54) is 12.1 Å². The quantitative estimate of drug-likeness (QED) is 0.736. The Kier molecular flexibility index (Phi) is 7.94. The van der Waals surface area contributed by atoms with E-state index in [2.05, 4.69) is 32.2 Å². The van der Waals surface area contributed by atoms with Crippen molar-refractivity contribution in [2.45, 2.75) is 32.1 Å². The maximum absolute atomic E-state index is 12.2. The summed E-state index contributed by atoms with van der Waals surface area (Å²) in [5.74, 6) is 0.138. The molecular weight excluding hydrogens is 373 g/mol. The lowest BCUT2D eigenvalue weighted by Crippen LogP contribution is -2.51. The van der Waals surface area contributed by atoms with Gasteiger partial charge in [-0.1, -0.05) is 12.1 Å². The number of nitrogens with zero attached hydrogens (tertiary/aromatic N) is 2. The summed E-state index contributed by atoms with van der Waals surface area (Å²) in [6, 6.07) is 5.67. The van der Waals surface area contributed by atoms with Gasteiger partial charge in [-0.25, -0.2) is 4.79 Å². The van der Waals surface area contributed by atoms with E-state index in [9.17, 15) is 18.0 Å². The Labute approximate surface area is 164 Å². The predicted molar refractivity (Wildman–Crippen MR) is 101 cm³/mol. The van der Waals surface area contributed by atoms with Gasteiger partial charge in [-0.15, -0.1) is 0 Å². The lowest BCUT2D eigenvalue weighted by atomic mass is 10.1. The Hall–Kier alpha value is -2.00. The highest BCUT2D eigenvalue weighted by molar-refractivity contribution is 5.74. The maximum Gasteiger partial charge on any atom is 0.422 e. The SMILES string of the molecule is CC(CN1CCN(C)CC1)NC(=O)NC(C)c1ccc(OCC(F)(F)F)cc1. The van der Waals surface area contributed by atoms with Crippen LogP contribution in [0.1, 0.15) is 25.5 Å². The number of nitrogens with one attached hydrogen (secondary N) is 2. The van der Waals surface area contributed by atoms with Crippen LogP contribution >= 0.6 is 0 Å². The fourth-order valence-electron chi connectivity index (χ4n) is 3.03. The molecule has 6 nitrogen and oxygen atoms in total. The van der Waals surface area contributed by atoms with E-state index in [-0.39, 0.29) is 23.9 Å². The van der Waals surface area contributed by atoms with Crippen LogP contribution in [0, 0.1) is 0 Å². The molecule has 1 fully saturated rings. The molecule has 2 atom stereocenters. The summed E-state index contributed by atoms with van der Waals surface area (Å²) in [6.45, 7) is 7.28. The largest absolute Gasteiger partial charge is 0.484 e. The second-order valence-electron chi connectivity index (χ2n) is 7.32. The Balaban J connectivity index is 1.75. The van der Waals surface area contributed by atoms with Crippen LogP contribution in [0.2, 0.25) is 0 Å². The van der Waals surface area contributed by atoms with Gasteiger partial charge in [0, 0.05) is 38.8 Å². The van der Waals surface area contributed by atoms with Gasteiger partial charge in [0.15, 0.2) is 6.61 Å². The van der Waals surface area contributed by atoms with Gasteiger partial charge < -0.3 is 20.3 Å². The lowest BCUT2D eigenvalue weighted by Gasteiger charge is -2.34. The molecule has 2 N–H and O–H groups in total. The summed E-state index contributed by atoms with van der Waals surface area (Å²) in [4.78, 5) is 16.8. The molecule has 2 amide bonds. The number of benzene rings is 1. The van der Waals surface area contributed by atoms with E-state index >= 15 is 0 Å². The van der Waals surface area contributed by atoms with Gasteiger partial charge >= 0.3 is 12.2 Å². The number of piperazine rings is 1. The van der Waals surface area contributed by atoms with Gasteiger partial charge in [0.2, 0.25) is 0 Å². The van der Waals surface area contributed by atoms with Crippen molar-refractivity contribution in [2.75, 3.05) is 46.4 Å². The zero-order chi connectivity index (χ0) is 20.7. The molecule has 2 unspecified atom stereocenters. The molecule has 1 aromatic carbocycles. The summed E-state index contributed by atoms with van der Waals surface area (Å²) in [5, 5.41) is 5.78. The molecule has 0 radical (unpaired) electrons. The first-order valence-electron chi connectivity index (χ1n) is 9.40. The number of carbonyl (C=O) groups excluding carboxylic acids is 1. The van der Waals surface area contributed by atoms with Crippen LogP contribution in [0.15, 0.2) is 24.3 Å². The summed E-state index contributed by atoms with van der Waals surface area (Å²) in [6.07, 6.45) is -4.37. The van der Waals surface area contributed by atoms with Crippen molar-refractivity contribution in [3.63, 3.8) is 0 Å². The van der Waals surface area contributed by atoms with Gasteiger partial charge in [-0.2, -0.15) is 13.2 Å². The topological polar surface area (TPSA) is 56.8 Å². The number of carbonyl (C=O) groups is 1. The van der Waals surface area contributed by atoms with E-state index < -0.39 is 12.8 Å². The molecule has 158 valence electrons. The average molecular weight is 402 g/mol. The number of halogens is 3. The van der Waals surface area contributed by atoms with Gasteiger partial charge in [0.25, 0.3) is 0 Å². The molecule has 1 saturated heterocycles. The molecule has 1 aliphatic heterocycles. The van der Waals surface area contributed by atoms with E-state index in [0.29, 0.717) is 0 Å². The lowest BCUT2D eigenvalue weighted by molar-refractivity contribution is -0.153. The van der Waals surface area contributed by atoms with Crippen molar-refractivity contribution in [3.8, 4) is 5.75 Å². The van der Waals surface area contributed by atoms with Crippen LogP contribution < -0.4 is 15.4 Å². The summed E-state index contributed by atoms with van der Waals surface area (Å²) in [5.41, 5.74) is 0.779. The molecule has 28 heavy (non-hydrogen) atoms.